The van der Waals surface area contributed by atoms with Gasteiger partial charge in [-0.25, -0.2) is 0 Å². The van der Waals surface area contributed by atoms with E-state index in [0.717, 1.165) is 69.3 Å². The number of amides is 2. The van der Waals surface area contributed by atoms with E-state index in [1.54, 1.807) is 0 Å². The molecular formula is C24H34N6O3S. The van der Waals surface area contributed by atoms with Crippen molar-refractivity contribution in [2.24, 2.45) is 0 Å². The highest BCUT2D eigenvalue weighted by atomic mass is 32.2. The Morgan fingerprint density at radius 3 is 2.62 bits per heavy atom. The highest BCUT2D eigenvalue weighted by Crippen LogP contribution is 2.25. The summed E-state index contributed by atoms with van der Waals surface area (Å²) in [6, 6.07) is 7.93. The largest absolute Gasteiger partial charge is 0.378 e. The van der Waals surface area contributed by atoms with E-state index in [9.17, 15) is 9.59 Å². The van der Waals surface area contributed by atoms with Crippen LogP contribution in [0.4, 0.5) is 11.4 Å². The summed E-state index contributed by atoms with van der Waals surface area (Å²) in [5.41, 5.74) is 1.90. The molecule has 2 aromatic rings. The van der Waals surface area contributed by atoms with Gasteiger partial charge in [-0.1, -0.05) is 18.2 Å². The minimum atomic E-state index is -0.346. The molecule has 0 bridgehead atoms. The van der Waals surface area contributed by atoms with Crippen molar-refractivity contribution in [3.05, 3.63) is 30.1 Å². The Hall–Kier alpha value is -2.59. The Morgan fingerprint density at radius 1 is 1.12 bits per heavy atom. The number of hydrogen-bond acceptors (Lipinski definition) is 7. The van der Waals surface area contributed by atoms with E-state index in [2.05, 4.69) is 20.4 Å². The van der Waals surface area contributed by atoms with Gasteiger partial charge in [0.15, 0.2) is 11.0 Å². The number of likely N-dealkylation sites (tertiary alicyclic amines) is 1. The maximum Gasteiger partial charge on any atom is 0.237 e. The number of anilines is 2. The average Bonchev–Trinajstić information content (AvgIpc) is 3.12. The Labute approximate surface area is 205 Å². The highest BCUT2D eigenvalue weighted by molar-refractivity contribution is 8.00. The summed E-state index contributed by atoms with van der Waals surface area (Å²) in [6.07, 6.45) is 3.68. The van der Waals surface area contributed by atoms with Crippen molar-refractivity contribution >= 4 is 35.0 Å². The Balaban J connectivity index is 1.35. The van der Waals surface area contributed by atoms with Crippen molar-refractivity contribution < 1.29 is 14.3 Å². The van der Waals surface area contributed by atoms with E-state index in [0.29, 0.717) is 24.7 Å². The molecule has 0 aliphatic carbocycles. The van der Waals surface area contributed by atoms with E-state index >= 15 is 0 Å². The third-order valence-electron chi connectivity index (χ3n) is 6.28. The first-order chi connectivity index (χ1) is 16.5. The van der Waals surface area contributed by atoms with Crippen LogP contribution in [0, 0.1) is 0 Å². The van der Waals surface area contributed by atoms with Crippen LogP contribution in [0.5, 0.6) is 0 Å². The number of carbonyl (C=O) groups is 2. The van der Waals surface area contributed by atoms with Crippen LogP contribution in [0.2, 0.25) is 0 Å². The van der Waals surface area contributed by atoms with Gasteiger partial charge in [-0.3, -0.25) is 9.59 Å². The fraction of sp³-hybridized carbons (Fsp3) is 0.583. The number of hydrogen-bond donors (Lipinski definition) is 1. The van der Waals surface area contributed by atoms with Crippen molar-refractivity contribution in [1.82, 2.24) is 19.7 Å². The number of aromatic nitrogens is 3. The van der Waals surface area contributed by atoms with Crippen LogP contribution in [0.1, 0.15) is 45.4 Å². The van der Waals surface area contributed by atoms with Crippen molar-refractivity contribution in [3.8, 4) is 0 Å². The summed E-state index contributed by atoms with van der Waals surface area (Å²) in [7, 11) is 0. The van der Waals surface area contributed by atoms with Crippen LogP contribution in [0.3, 0.4) is 0 Å². The molecule has 9 nitrogen and oxygen atoms in total. The highest BCUT2D eigenvalue weighted by Gasteiger charge is 2.23. The Morgan fingerprint density at radius 2 is 1.88 bits per heavy atom. The molecule has 1 atom stereocenters. The van der Waals surface area contributed by atoms with E-state index in [4.69, 9.17) is 4.74 Å². The normalized spacial score (nSPS) is 18.0. The third-order valence-corrected chi connectivity index (χ3v) is 7.36. The van der Waals surface area contributed by atoms with Crippen LogP contribution < -0.4 is 10.2 Å². The number of thioether (sulfide) groups is 1. The van der Waals surface area contributed by atoms with E-state index in [1.807, 2.05) is 47.6 Å². The van der Waals surface area contributed by atoms with Gasteiger partial charge in [0.25, 0.3) is 0 Å². The SMILES string of the molecule is CCn1c(CN2CCCCCC2=O)nnc1SC(C)C(=O)Nc1ccc(N2CCOCC2)cc1. The van der Waals surface area contributed by atoms with Crippen LogP contribution in [0.15, 0.2) is 29.4 Å². The zero-order chi connectivity index (χ0) is 23.9. The van der Waals surface area contributed by atoms with E-state index < -0.39 is 0 Å². The van der Waals surface area contributed by atoms with Crippen molar-refractivity contribution in [2.45, 2.75) is 63.0 Å². The maximum atomic E-state index is 12.8. The monoisotopic (exact) mass is 486 g/mol. The standard InChI is InChI=1S/C24H34N6O3S/c1-3-30-21(17-29-12-6-4-5-7-22(29)31)26-27-24(30)34-18(2)23(32)25-19-8-10-20(11-9-19)28-13-15-33-16-14-28/h8-11,18H,3-7,12-17H2,1-2H3,(H,25,32). The molecule has 2 saturated heterocycles. The molecule has 3 heterocycles. The molecule has 0 radical (unpaired) electrons. The molecule has 2 amide bonds. The Kier molecular flexibility index (Phi) is 8.44. The lowest BCUT2D eigenvalue weighted by molar-refractivity contribution is -0.131. The summed E-state index contributed by atoms with van der Waals surface area (Å²) in [4.78, 5) is 29.4. The first-order valence-electron chi connectivity index (χ1n) is 12.1. The molecule has 184 valence electrons. The van der Waals surface area contributed by atoms with Gasteiger partial charge in [0.2, 0.25) is 11.8 Å². The maximum absolute atomic E-state index is 12.8. The number of benzene rings is 1. The number of carbonyl (C=O) groups excluding carboxylic acids is 2. The summed E-state index contributed by atoms with van der Waals surface area (Å²) in [5.74, 6) is 0.871. The molecule has 1 aromatic heterocycles. The lowest BCUT2D eigenvalue weighted by Gasteiger charge is -2.28. The smallest absolute Gasteiger partial charge is 0.237 e. The molecule has 0 saturated carbocycles. The molecule has 2 aliphatic rings. The van der Waals surface area contributed by atoms with Gasteiger partial charge < -0.3 is 24.4 Å². The number of ether oxygens (including phenoxy) is 1. The second kappa shape index (κ2) is 11.7. The predicted molar refractivity (Wildman–Crippen MR) is 133 cm³/mol. The number of morpholine rings is 1. The van der Waals surface area contributed by atoms with Gasteiger partial charge in [-0.15, -0.1) is 10.2 Å². The third kappa shape index (κ3) is 6.09. The van der Waals surface area contributed by atoms with Gasteiger partial charge in [-0.05, 0) is 51.0 Å². The molecule has 10 heteroatoms. The van der Waals surface area contributed by atoms with E-state index in [-0.39, 0.29) is 17.1 Å². The van der Waals surface area contributed by atoms with Crippen LogP contribution in [-0.4, -0.2) is 69.6 Å². The topological polar surface area (TPSA) is 92.6 Å². The first kappa shape index (κ1) is 24.5. The second-order valence-corrected chi connectivity index (χ2v) is 9.97. The molecular weight excluding hydrogens is 452 g/mol. The van der Waals surface area contributed by atoms with Gasteiger partial charge in [-0.2, -0.15) is 0 Å². The fourth-order valence-corrected chi connectivity index (χ4v) is 5.18. The number of rotatable bonds is 8. The lowest BCUT2D eigenvalue weighted by Crippen LogP contribution is -2.36. The Bertz CT molecular complexity index is 974. The molecule has 1 unspecified atom stereocenters. The molecule has 34 heavy (non-hydrogen) atoms. The fourth-order valence-electron chi connectivity index (χ4n) is 4.25. The first-order valence-corrected chi connectivity index (χ1v) is 13.0. The van der Waals surface area contributed by atoms with Crippen LogP contribution in [0.25, 0.3) is 0 Å². The lowest BCUT2D eigenvalue weighted by atomic mass is 10.2. The zero-order valence-electron chi connectivity index (χ0n) is 20.0. The zero-order valence-corrected chi connectivity index (χ0v) is 20.9. The second-order valence-electron chi connectivity index (χ2n) is 8.66. The molecule has 0 spiro atoms. The molecule has 4 rings (SSSR count). The summed E-state index contributed by atoms with van der Waals surface area (Å²) in [5, 5.41) is 12.0. The molecule has 1 aromatic carbocycles. The van der Waals surface area contributed by atoms with Gasteiger partial charge in [0.1, 0.15) is 0 Å². The summed E-state index contributed by atoms with van der Waals surface area (Å²) < 4.78 is 7.41. The minimum Gasteiger partial charge on any atom is -0.378 e. The van der Waals surface area contributed by atoms with Gasteiger partial charge in [0, 0.05) is 44.0 Å². The van der Waals surface area contributed by atoms with E-state index in [1.165, 1.54) is 11.8 Å². The number of nitrogens with zero attached hydrogens (tertiary/aromatic N) is 5. The van der Waals surface area contributed by atoms with Crippen molar-refractivity contribution in [3.63, 3.8) is 0 Å². The summed E-state index contributed by atoms with van der Waals surface area (Å²) >= 11 is 1.39. The molecule has 2 aliphatic heterocycles. The number of nitrogens with one attached hydrogen (secondary N) is 1. The summed E-state index contributed by atoms with van der Waals surface area (Å²) in [6.45, 7) is 9.06. The molecule has 2 fully saturated rings. The van der Waals surface area contributed by atoms with Gasteiger partial charge in [0.05, 0.1) is 25.0 Å². The molecule has 1 N–H and O–H groups in total. The average molecular weight is 487 g/mol. The predicted octanol–water partition coefficient (Wildman–Crippen LogP) is 3.16. The quantitative estimate of drug-likeness (QED) is 0.573. The van der Waals surface area contributed by atoms with Crippen LogP contribution in [-0.2, 0) is 27.4 Å². The van der Waals surface area contributed by atoms with Gasteiger partial charge >= 0.3 is 0 Å². The van der Waals surface area contributed by atoms with Crippen LogP contribution >= 0.6 is 11.8 Å². The van der Waals surface area contributed by atoms with Crippen molar-refractivity contribution in [2.75, 3.05) is 43.1 Å². The minimum absolute atomic E-state index is 0.0842. The van der Waals surface area contributed by atoms with Crippen molar-refractivity contribution in [1.29, 1.82) is 0 Å².